The Labute approximate surface area is 173 Å². The van der Waals surface area contributed by atoms with Crippen molar-refractivity contribution in [2.75, 3.05) is 13.2 Å². The van der Waals surface area contributed by atoms with Crippen LogP contribution in [0.3, 0.4) is 0 Å². The van der Waals surface area contributed by atoms with Crippen LogP contribution >= 0.6 is 0 Å². The van der Waals surface area contributed by atoms with Gasteiger partial charge in [-0.3, -0.25) is 0 Å². The molecule has 1 aliphatic carbocycles. The van der Waals surface area contributed by atoms with Crippen molar-refractivity contribution in [3.05, 3.63) is 89.0 Å². The van der Waals surface area contributed by atoms with E-state index in [4.69, 9.17) is 9.47 Å². The highest BCUT2D eigenvalue weighted by atomic mass is 16.5. The van der Waals surface area contributed by atoms with Crippen LogP contribution in [0.2, 0.25) is 0 Å². The Kier molecular flexibility index (Phi) is 4.39. The van der Waals surface area contributed by atoms with Gasteiger partial charge in [-0.1, -0.05) is 60.7 Å². The highest BCUT2D eigenvalue weighted by molar-refractivity contribution is 5.91. The van der Waals surface area contributed by atoms with Crippen LogP contribution in [0.15, 0.2) is 66.7 Å². The Morgan fingerprint density at radius 3 is 2.23 bits per heavy atom. The van der Waals surface area contributed by atoms with Gasteiger partial charge in [0.15, 0.2) is 0 Å². The van der Waals surface area contributed by atoms with E-state index in [1.807, 2.05) is 24.3 Å². The molecule has 0 saturated heterocycles. The second-order valence-corrected chi connectivity index (χ2v) is 7.36. The maximum absolute atomic E-state index is 12.5. The fourth-order valence-electron chi connectivity index (χ4n) is 4.32. The van der Waals surface area contributed by atoms with Crippen LogP contribution in [0.5, 0.6) is 5.75 Å². The summed E-state index contributed by atoms with van der Waals surface area (Å²) >= 11 is 0. The van der Waals surface area contributed by atoms with E-state index >= 15 is 0 Å². The summed E-state index contributed by atoms with van der Waals surface area (Å²) in [6.45, 7) is 0.388. The van der Waals surface area contributed by atoms with Gasteiger partial charge in [0.25, 0.3) is 0 Å². The van der Waals surface area contributed by atoms with Crippen LogP contribution in [0.1, 0.15) is 39.0 Å². The molecule has 3 aromatic carbocycles. The molecule has 0 saturated carbocycles. The maximum atomic E-state index is 12.5. The van der Waals surface area contributed by atoms with E-state index in [0.29, 0.717) is 11.3 Å². The molecule has 0 spiro atoms. The first-order chi connectivity index (χ1) is 14.6. The average molecular weight is 401 g/mol. The minimum absolute atomic E-state index is 0.0196. The van der Waals surface area contributed by atoms with Crippen LogP contribution in [0.25, 0.3) is 11.1 Å². The molecule has 3 aromatic rings. The van der Waals surface area contributed by atoms with Gasteiger partial charge < -0.3 is 19.9 Å². The summed E-state index contributed by atoms with van der Waals surface area (Å²) in [5.41, 5.74) is 5.36. The standard InChI is InChI=1S/C24H19NO5/c26-23(27)19-11-5-10-18-21(13-29-22(18)19)25-24(28)30-12-20-16-8-3-1-6-14(16)15-7-2-4-9-17(15)20/h1-11,20-21H,12-13H2,(H,25,28)(H,26,27). The molecular formula is C24H19NO5. The van der Waals surface area contributed by atoms with Crippen LogP contribution in [-0.4, -0.2) is 30.4 Å². The summed E-state index contributed by atoms with van der Waals surface area (Å²) in [7, 11) is 0. The van der Waals surface area contributed by atoms with Gasteiger partial charge in [0.2, 0.25) is 0 Å². The topological polar surface area (TPSA) is 84.9 Å². The molecule has 150 valence electrons. The number of aromatic carboxylic acids is 1. The van der Waals surface area contributed by atoms with Gasteiger partial charge in [0, 0.05) is 11.5 Å². The van der Waals surface area contributed by atoms with E-state index in [-0.39, 0.29) is 24.7 Å². The number of benzene rings is 3. The highest BCUT2D eigenvalue weighted by Crippen LogP contribution is 2.44. The number of hydrogen-bond acceptors (Lipinski definition) is 4. The zero-order valence-electron chi connectivity index (χ0n) is 16.0. The number of carbonyl (C=O) groups is 2. The lowest BCUT2D eigenvalue weighted by molar-refractivity contribution is 0.0692. The van der Waals surface area contributed by atoms with Crippen molar-refractivity contribution in [3.63, 3.8) is 0 Å². The Balaban J connectivity index is 1.30. The number of ether oxygens (including phenoxy) is 2. The first kappa shape index (κ1) is 18.2. The summed E-state index contributed by atoms with van der Waals surface area (Å²) in [6, 6.07) is 20.7. The van der Waals surface area contributed by atoms with Crippen molar-refractivity contribution < 1.29 is 24.2 Å². The van der Waals surface area contributed by atoms with E-state index in [9.17, 15) is 14.7 Å². The molecule has 6 nitrogen and oxygen atoms in total. The molecule has 5 rings (SSSR count). The van der Waals surface area contributed by atoms with Crippen molar-refractivity contribution in [2.24, 2.45) is 0 Å². The van der Waals surface area contributed by atoms with Crippen LogP contribution in [-0.2, 0) is 4.74 Å². The maximum Gasteiger partial charge on any atom is 0.407 e. The van der Waals surface area contributed by atoms with Crippen LogP contribution in [0, 0.1) is 0 Å². The number of carboxylic acid groups (broad SMARTS) is 1. The van der Waals surface area contributed by atoms with Crippen molar-refractivity contribution in [2.45, 2.75) is 12.0 Å². The third kappa shape index (κ3) is 2.97. The minimum atomic E-state index is -1.06. The lowest BCUT2D eigenvalue weighted by Crippen LogP contribution is -2.31. The van der Waals surface area contributed by atoms with Gasteiger partial charge in [0.1, 0.15) is 24.5 Å². The SMILES string of the molecule is O=C(NC1COc2c(C(=O)O)cccc21)OCC1c2ccccc2-c2ccccc21. The van der Waals surface area contributed by atoms with E-state index in [1.165, 1.54) is 17.2 Å². The smallest absolute Gasteiger partial charge is 0.407 e. The summed E-state index contributed by atoms with van der Waals surface area (Å²) in [6.07, 6.45) is -0.556. The Bertz CT molecular complexity index is 1110. The first-order valence-electron chi connectivity index (χ1n) is 9.74. The lowest BCUT2D eigenvalue weighted by atomic mass is 9.98. The fourth-order valence-corrected chi connectivity index (χ4v) is 4.32. The monoisotopic (exact) mass is 401 g/mol. The third-order valence-corrected chi connectivity index (χ3v) is 5.68. The van der Waals surface area contributed by atoms with E-state index in [2.05, 4.69) is 29.6 Å². The molecule has 1 unspecified atom stereocenters. The predicted octanol–water partition coefficient (Wildman–Crippen LogP) is 4.36. The molecular weight excluding hydrogens is 382 g/mol. The molecule has 1 atom stereocenters. The molecule has 0 aromatic heterocycles. The van der Waals surface area contributed by atoms with Crippen molar-refractivity contribution in [1.82, 2.24) is 5.32 Å². The van der Waals surface area contributed by atoms with Gasteiger partial charge in [-0.25, -0.2) is 9.59 Å². The number of rotatable bonds is 4. The second-order valence-electron chi connectivity index (χ2n) is 7.36. The zero-order valence-corrected chi connectivity index (χ0v) is 16.0. The Morgan fingerprint density at radius 2 is 1.57 bits per heavy atom. The molecule has 1 heterocycles. The molecule has 0 radical (unpaired) electrons. The Hall–Kier alpha value is -3.80. The van der Waals surface area contributed by atoms with E-state index in [1.54, 1.807) is 12.1 Å². The molecule has 0 fully saturated rings. The number of hydrogen-bond donors (Lipinski definition) is 2. The highest BCUT2D eigenvalue weighted by Gasteiger charge is 2.32. The van der Waals surface area contributed by atoms with Crippen LogP contribution < -0.4 is 10.1 Å². The van der Waals surface area contributed by atoms with Crippen molar-refractivity contribution in [1.29, 1.82) is 0 Å². The van der Waals surface area contributed by atoms with Gasteiger partial charge >= 0.3 is 12.1 Å². The summed E-state index contributed by atoms with van der Waals surface area (Å²) in [5, 5.41) is 12.1. The van der Waals surface area contributed by atoms with Crippen molar-refractivity contribution >= 4 is 12.1 Å². The second kappa shape index (κ2) is 7.22. The summed E-state index contributed by atoms with van der Waals surface area (Å²) in [4.78, 5) is 23.9. The van der Waals surface area contributed by atoms with E-state index < -0.39 is 18.1 Å². The van der Waals surface area contributed by atoms with E-state index in [0.717, 1.165) is 11.1 Å². The van der Waals surface area contributed by atoms with Gasteiger partial charge in [0.05, 0.1) is 6.04 Å². The molecule has 1 amide bonds. The number of fused-ring (bicyclic) bond motifs is 4. The number of para-hydroxylation sites is 1. The van der Waals surface area contributed by atoms with Crippen molar-refractivity contribution in [3.8, 4) is 16.9 Å². The Morgan fingerprint density at radius 1 is 0.933 bits per heavy atom. The first-order valence-corrected chi connectivity index (χ1v) is 9.74. The fraction of sp³-hybridized carbons (Fsp3) is 0.167. The van der Waals surface area contributed by atoms with Gasteiger partial charge in [-0.05, 0) is 28.3 Å². The molecule has 2 aliphatic rings. The minimum Gasteiger partial charge on any atom is -0.490 e. The summed E-state index contributed by atoms with van der Waals surface area (Å²) in [5.74, 6) is -0.781. The quantitative estimate of drug-likeness (QED) is 0.679. The number of carboxylic acids is 1. The molecule has 0 bridgehead atoms. The van der Waals surface area contributed by atoms with Gasteiger partial charge in [-0.2, -0.15) is 0 Å². The average Bonchev–Trinajstić information content (AvgIpc) is 3.31. The lowest BCUT2D eigenvalue weighted by Gasteiger charge is -2.16. The third-order valence-electron chi connectivity index (χ3n) is 5.68. The molecule has 30 heavy (non-hydrogen) atoms. The number of amides is 1. The predicted molar refractivity (Wildman–Crippen MR) is 110 cm³/mol. The molecule has 1 aliphatic heterocycles. The largest absolute Gasteiger partial charge is 0.490 e. The normalized spacial score (nSPS) is 16.2. The molecule has 6 heteroatoms. The van der Waals surface area contributed by atoms with Crippen LogP contribution in [0.4, 0.5) is 4.79 Å². The molecule has 2 N–H and O–H groups in total. The number of nitrogens with one attached hydrogen (secondary N) is 1. The number of alkyl carbamates (subject to hydrolysis) is 1. The van der Waals surface area contributed by atoms with Gasteiger partial charge in [-0.15, -0.1) is 0 Å². The number of carbonyl (C=O) groups excluding carboxylic acids is 1. The zero-order chi connectivity index (χ0) is 20.7. The summed E-state index contributed by atoms with van der Waals surface area (Å²) < 4.78 is 11.1.